The van der Waals surface area contributed by atoms with E-state index in [2.05, 4.69) is 11.6 Å². The molecule has 0 aliphatic heterocycles. The van der Waals surface area contributed by atoms with Crippen LogP contribution in [0, 0.1) is 11.2 Å². The monoisotopic (exact) mass is 267 g/mol. The molecule has 0 aliphatic rings. The molecular weight excluding hydrogens is 253 g/mol. The lowest BCUT2D eigenvalue weighted by molar-refractivity contribution is 0.627. The molecule has 0 amide bonds. The van der Waals surface area contributed by atoms with Crippen molar-refractivity contribution in [2.75, 3.05) is 5.73 Å². The first-order chi connectivity index (χ1) is 9.60. The highest BCUT2D eigenvalue weighted by molar-refractivity contribution is 6.11. The summed E-state index contributed by atoms with van der Waals surface area (Å²) < 4.78 is 13.1. The molecule has 0 bridgehead atoms. The zero-order valence-electron chi connectivity index (χ0n) is 10.8. The molecule has 3 nitrogen and oxygen atoms in total. The Hall–Kier alpha value is -2.75. The Balaban J connectivity index is 2.26. The standard InChI is InChI=1S/C16H14FN3/c1-2-13-9-14(16(19)10-20-13)15(18)7-6-11-4-3-5-12(17)8-11/h2-10,18H,1,19H2/b7-6+,18-15?. The Kier molecular flexibility index (Phi) is 4.05. The lowest BCUT2D eigenvalue weighted by Gasteiger charge is -2.04. The summed E-state index contributed by atoms with van der Waals surface area (Å²) in [6.45, 7) is 3.63. The van der Waals surface area contributed by atoms with E-state index in [0.29, 0.717) is 22.5 Å². The van der Waals surface area contributed by atoms with Gasteiger partial charge in [-0.1, -0.05) is 24.8 Å². The summed E-state index contributed by atoms with van der Waals surface area (Å²) in [5.41, 5.74) is 8.37. The van der Waals surface area contributed by atoms with Gasteiger partial charge < -0.3 is 11.1 Å². The fourth-order valence-electron chi connectivity index (χ4n) is 1.71. The van der Waals surface area contributed by atoms with Crippen LogP contribution in [0.5, 0.6) is 0 Å². The number of hydrogen-bond donors (Lipinski definition) is 2. The predicted octanol–water partition coefficient (Wildman–Crippen LogP) is 3.53. The molecule has 0 unspecified atom stereocenters. The van der Waals surface area contributed by atoms with Crippen LogP contribution in [-0.2, 0) is 0 Å². The minimum Gasteiger partial charge on any atom is -0.397 e. The van der Waals surface area contributed by atoms with E-state index in [9.17, 15) is 4.39 Å². The Morgan fingerprint density at radius 1 is 1.35 bits per heavy atom. The number of aromatic nitrogens is 1. The third kappa shape index (κ3) is 3.17. The number of nitrogens with one attached hydrogen (secondary N) is 1. The van der Waals surface area contributed by atoms with E-state index in [0.717, 1.165) is 0 Å². The number of halogens is 1. The van der Waals surface area contributed by atoms with Gasteiger partial charge in [0.1, 0.15) is 5.82 Å². The average Bonchev–Trinajstić information content (AvgIpc) is 2.45. The Labute approximate surface area is 116 Å². The van der Waals surface area contributed by atoms with Crippen LogP contribution in [0.25, 0.3) is 12.2 Å². The first-order valence-electron chi connectivity index (χ1n) is 6.00. The second kappa shape index (κ2) is 5.93. The predicted molar refractivity (Wildman–Crippen MR) is 81.0 cm³/mol. The number of nitrogens with zero attached hydrogens (tertiary/aromatic N) is 1. The van der Waals surface area contributed by atoms with Crippen LogP contribution in [0.2, 0.25) is 0 Å². The highest BCUT2D eigenvalue weighted by Gasteiger charge is 2.04. The molecular formula is C16H14FN3. The van der Waals surface area contributed by atoms with E-state index in [1.165, 1.54) is 18.3 Å². The molecule has 0 atom stereocenters. The number of nitrogen functional groups attached to an aromatic ring is 1. The van der Waals surface area contributed by atoms with Gasteiger partial charge in [-0.2, -0.15) is 0 Å². The van der Waals surface area contributed by atoms with E-state index < -0.39 is 0 Å². The SMILES string of the molecule is C=Cc1cc(C(=N)/C=C/c2cccc(F)c2)c(N)cn1. The van der Waals surface area contributed by atoms with Crippen LogP contribution in [0.1, 0.15) is 16.8 Å². The van der Waals surface area contributed by atoms with Crippen molar-refractivity contribution in [1.29, 1.82) is 5.41 Å². The first-order valence-corrected chi connectivity index (χ1v) is 6.00. The van der Waals surface area contributed by atoms with Gasteiger partial charge in [0, 0.05) is 5.56 Å². The summed E-state index contributed by atoms with van der Waals surface area (Å²) in [4.78, 5) is 4.06. The largest absolute Gasteiger partial charge is 0.397 e. The minimum absolute atomic E-state index is 0.234. The van der Waals surface area contributed by atoms with Gasteiger partial charge >= 0.3 is 0 Å². The summed E-state index contributed by atoms with van der Waals surface area (Å²) in [5, 5.41) is 8.02. The van der Waals surface area contributed by atoms with Gasteiger partial charge in [-0.15, -0.1) is 0 Å². The van der Waals surface area contributed by atoms with Crippen molar-refractivity contribution in [2.24, 2.45) is 0 Å². The maximum atomic E-state index is 13.1. The maximum Gasteiger partial charge on any atom is 0.123 e. The average molecular weight is 267 g/mol. The molecule has 20 heavy (non-hydrogen) atoms. The summed E-state index contributed by atoms with van der Waals surface area (Å²) in [6, 6.07) is 7.85. The van der Waals surface area contributed by atoms with Crippen LogP contribution < -0.4 is 5.73 Å². The first kappa shape index (κ1) is 13.7. The van der Waals surface area contributed by atoms with E-state index >= 15 is 0 Å². The second-order valence-corrected chi connectivity index (χ2v) is 4.20. The van der Waals surface area contributed by atoms with E-state index in [1.807, 2.05) is 0 Å². The summed E-state index contributed by atoms with van der Waals surface area (Å²) >= 11 is 0. The Morgan fingerprint density at radius 2 is 2.15 bits per heavy atom. The van der Waals surface area contributed by atoms with Gasteiger partial charge in [0.2, 0.25) is 0 Å². The van der Waals surface area contributed by atoms with Gasteiger partial charge in [0.25, 0.3) is 0 Å². The van der Waals surface area contributed by atoms with Gasteiger partial charge in [-0.3, -0.25) is 4.98 Å². The topological polar surface area (TPSA) is 62.8 Å². The third-order valence-electron chi connectivity index (χ3n) is 2.75. The van der Waals surface area contributed by atoms with E-state index in [-0.39, 0.29) is 11.5 Å². The Morgan fingerprint density at radius 3 is 2.85 bits per heavy atom. The molecule has 0 saturated carbocycles. The van der Waals surface area contributed by atoms with Gasteiger partial charge in [-0.05, 0) is 35.9 Å². The maximum absolute atomic E-state index is 13.1. The van der Waals surface area contributed by atoms with Crippen molar-refractivity contribution in [3.05, 3.63) is 71.8 Å². The van der Waals surface area contributed by atoms with Gasteiger partial charge in [-0.25, -0.2) is 4.39 Å². The number of anilines is 1. The molecule has 1 aromatic carbocycles. The molecule has 4 heteroatoms. The number of nitrogens with two attached hydrogens (primary N) is 1. The quantitative estimate of drug-likeness (QED) is 0.832. The van der Waals surface area contributed by atoms with Crippen molar-refractivity contribution in [1.82, 2.24) is 4.98 Å². The van der Waals surface area contributed by atoms with Gasteiger partial charge in [0.15, 0.2) is 0 Å². The normalized spacial score (nSPS) is 10.7. The molecule has 0 fully saturated rings. The van der Waals surface area contributed by atoms with Crippen LogP contribution >= 0.6 is 0 Å². The Bertz CT molecular complexity index is 690. The number of benzene rings is 1. The van der Waals surface area contributed by atoms with E-state index in [1.54, 1.807) is 36.4 Å². The second-order valence-electron chi connectivity index (χ2n) is 4.20. The molecule has 0 aliphatic carbocycles. The van der Waals surface area contributed by atoms with Crippen molar-refractivity contribution in [2.45, 2.75) is 0 Å². The van der Waals surface area contributed by atoms with Crippen LogP contribution in [0.4, 0.5) is 10.1 Å². The number of pyridine rings is 1. The molecule has 2 aromatic rings. The minimum atomic E-state index is -0.309. The number of rotatable bonds is 4. The molecule has 0 saturated heterocycles. The van der Waals surface area contributed by atoms with Crippen LogP contribution in [-0.4, -0.2) is 10.7 Å². The van der Waals surface area contributed by atoms with Crippen molar-refractivity contribution in [3.8, 4) is 0 Å². The van der Waals surface area contributed by atoms with Crippen molar-refractivity contribution < 1.29 is 4.39 Å². The highest BCUT2D eigenvalue weighted by Crippen LogP contribution is 2.15. The lowest BCUT2D eigenvalue weighted by atomic mass is 10.1. The zero-order chi connectivity index (χ0) is 14.5. The van der Waals surface area contributed by atoms with Crippen molar-refractivity contribution in [3.63, 3.8) is 0 Å². The third-order valence-corrected chi connectivity index (χ3v) is 2.75. The lowest BCUT2D eigenvalue weighted by Crippen LogP contribution is -2.02. The highest BCUT2D eigenvalue weighted by atomic mass is 19.1. The number of allylic oxidation sites excluding steroid dienone is 1. The van der Waals surface area contributed by atoms with Crippen LogP contribution in [0.3, 0.4) is 0 Å². The molecule has 1 aromatic heterocycles. The van der Waals surface area contributed by atoms with Crippen molar-refractivity contribution >= 4 is 23.6 Å². The number of hydrogen-bond acceptors (Lipinski definition) is 3. The fraction of sp³-hybridized carbons (Fsp3) is 0. The van der Waals surface area contributed by atoms with E-state index in [4.69, 9.17) is 11.1 Å². The van der Waals surface area contributed by atoms with Gasteiger partial charge in [0.05, 0.1) is 23.3 Å². The molecule has 0 spiro atoms. The smallest absolute Gasteiger partial charge is 0.123 e. The summed E-state index contributed by atoms with van der Waals surface area (Å²) in [7, 11) is 0. The molecule has 0 radical (unpaired) electrons. The molecule has 100 valence electrons. The summed E-state index contributed by atoms with van der Waals surface area (Å²) in [6.07, 6.45) is 6.33. The molecule has 2 rings (SSSR count). The fourth-order valence-corrected chi connectivity index (χ4v) is 1.71. The molecule has 3 N–H and O–H groups in total. The summed E-state index contributed by atoms with van der Waals surface area (Å²) in [5.74, 6) is -0.309. The zero-order valence-corrected chi connectivity index (χ0v) is 10.8. The van der Waals surface area contributed by atoms with Crippen LogP contribution in [0.15, 0.2) is 49.2 Å². The molecule has 1 heterocycles.